The van der Waals surface area contributed by atoms with E-state index in [2.05, 4.69) is 146 Å². The second-order valence-corrected chi connectivity index (χ2v) is 19.7. The lowest BCUT2D eigenvalue weighted by Gasteiger charge is -2.43. The van der Waals surface area contributed by atoms with E-state index in [1.807, 2.05) is 43.6 Å². The second kappa shape index (κ2) is 15.2. The third kappa shape index (κ3) is 7.98. The Labute approximate surface area is 308 Å². The molecule has 0 aliphatic heterocycles. The van der Waals surface area contributed by atoms with Crippen molar-refractivity contribution < 1.29 is 9.22 Å². The van der Waals surface area contributed by atoms with Crippen LogP contribution in [-0.2, 0) is 30.0 Å². The summed E-state index contributed by atoms with van der Waals surface area (Å²) < 4.78 is 10.9. The highest BCUT2D eigenvalue weighted by Gasteiger charge is 2.50. The van der Waals surface area contributed by atoms with Crippen LogP contribution in [0.15, 0.2) is 115 Å². The number of nitrogens with zero attached hydrogens (tertiary/aromatic N) is 4. The summed E-state index contributed by atoms with van der Waals surface area (Å²) in [6.45, 7) is 15.0. The quantitative estimate of drug-likeness (QED) is 0.0880. The molecule has 0 unspecified atom stereocenters. The summed E-state index contributed by atoms with van der Waals surface area (Å²) in [4.78, 5) is 12.8. The Kier molecular flexibility index (Phi) is 10.7. The maximum absolute atomic E-state index is 12.8. The molecule has 0 bridgehead atoms. The third-order valence-electron chi connectivity index (χ3n) is 9.52. The number of aromatic nitrogens is 4. The number of carbonyl (C=O) groups excluding carboxylic acids is 1. The van der Waals surface area contributed by atoms with Crippen LogP contribution in [0.5, 0.6) is 0 Å². The van der Waals surface area contributed by atoms with E-state index >= 15 is 0 Å². The van der Waals surface area contributed by atoms with Crippen molar-refractivity contribution in [2.75, 3.05) is 17.2 Å². The molecular weight excluding hydrogens is 663 g/mol. The molecule has 6 aromatic rings. The number of hydrogen-bond donors (Lipinski definition) is 3. The second-order valence-electron chi connectivity index (χ2n) is 15.4. The number of rotatable bonds is 12. The van der Waals surface area contributed by atoms with Gasteiger partial charge in [0.2, 0.25) is 0 Å². The van der Waals surface area contributed by atoms with E-state index < -0.39 is 8.32 Å². The zero-order valence-electron chi connectivity index (χ0n) is 31.4. The maximum atomic E-state index is 12.8. The highest BCUT2D eigenvalue weighted by Crippen LogP contribution is 2.37. The van der Waals surface area contributed by atoms with Gasteiger partial charge in [-0.2, -0.15) is 10.2 Å². The third-order valence-corrected chi connectivity index (χ3v) is 14.6. The van der Waals surface area contributed by atoms with Gasteiger partial charge in [-0.15, -0.1) is 0 Å². The van der Waals surface area contributed by atoms with Crippen LogP contribution in [0.25, 0.3) is 10.9 Å². The Morgan fingerprint density at radius 1 is 0.827 bits per heavy atom. The number of nitrogens with one attached hydrogen (secondary N) is 3. The fraction of sp³-hybridized carbons (Fsp3) is 0.310. The Balaban J connectivity index is 1.09. The normalized spacial score (nSPS) is 12.2. The minimum absolute atomic E-state index is 0.0607. The van der Waals surface area contributed by atoms with Gasteiger partial charge in [0.25, 0.3) is 8.32 Å². The van der Waals surface area contributed by atoms with Gasteiger partial charge in [0.1, 0.15) is 5.82 Å². The number of hydrogen-bond acceptors (Lipinski definition) is 5. The minimum atomic E-state index is -2.58. The van der Waals surface area contributed by atoms with Crippen LogP contribution in [0.3, 0.4) is 0 Å². The summed E-state index contributed by atoms with van der Waals surface area (Å²) in [6, 6.07) is 37.5. The number of para-hydroxylation sites is 1. The van der Waals surface area contributed by atoms with E-state index in [9.17, 15) is 4.79 Å². The first-order chi connectivity index (χ1) is 24.8. The fourth-order valence-corrected chi connectivity index (χ4v) is 11.4. The van der Waals surface area contributed by atoms with Crippen molar-refractivity contribution >= 4 is 52.8 Å². The van der Waals surface area contributed by atoms with Gasteiger partial charge in [-0.3, -0.25) is 14.7 Å². The number of amides is 2. The summed E-state index contributed by atoms with van der Waals surface area (Å²) in [6.07, 6.45) is 2.76. The van der Waals surface area contributed by atoms with Crippen molar-refractivity contribution in [3.8, 4) is 0 Å². The minimum Gasteiger partial charge on any atom is -0.407 e. The molecule has 0 radical (unpaired) electrons. The number of fused-ring (bicyclic) bond motifs is 1. The van der Waals surface area contributed by atoms with E-state index in [1.54, 1.807) is 4.68 Å². The molecule has 2 amide bonds. The molecule has 52 heavy (non-hydrogen) atoms. The topological polar surface area (TPSA) is 98.0 Å². The molecule has 0 spiro atoms. The smallest absolute Gasteiger partial charge is 0.320 e. The predicted octanol–water partition coefficient (Wildman–Crippen LogP) is 8.10. The molecular formula is C42H51N7O2Si. The van der Waals surface area contributed by atoms with E-state index in [0.717, 1.165) is 46.5 Å². The van der Waals surface area contributed by atoms with Crippen LogP contribution in [0.4, 0.5) is 22.0 Å². The summed E-state index contributed by atoms with van der Waals surface area (Å²) in [5.74, 6) is 0.648. The first kappa shape index (κ1) is 36.6. The van der Waals surface area contributed by atoms with Gasteiger partial charge in [-0.25, -0.2) is 4.79 Å². The molecule has 4 aromatic carbocycles. The molecule has 10 heteroatoms. The molecule has 270 valence electrons. The van der Waals surface area contributed by atoms with E-state index in [0.29, 0.717) is 19.0 Å². The molecule has 0 aliphatic carbocycles. The van der Waals surface area contributed by atoms with Crippen LogP contribution < -0.4 is 26.3 Å². The molecule has 3 N–H and O–H groups in total. The summed E-state index contributed by atoms with van der Waals surface area (Å²) in [5, 5.41) is 22.3. The van der Waals surface area contributed by atoms with Crippen molar-refractivity contribution in [1.29, 1.82) is 0 Å². The highest BCUT2D eigenvalue weighted by atomic mass is 28.4. The van der Waals surface area contributed by atoms with Gasteiger partial charge in [0.05, 0.1) is 17.4 Å². The summed E-state index contributed by atoms with van der Waals surface area (Å²) in [5.41, 5.74) is 4.72. The Bertz CT molecular complexity index is 2070. The Morgan fingerprint density at radius 2 is 1.48 bits per heavy atom. The Hall–Kier alpha value is -5.19. The van der Waals surface area contributed by atoms with Crippen molar-refractivity contribution in [3.05, 3.63) is 127 Å². The predicted molar refractivity (Wildman–Crippen MR) is 215 cm³/mol. The zero-order chi connectivity index (χ0) is 36.9. The van der Waals surface area contributed by atoms with Crippen LogP contribution >= 0.6 is 0 Å². The van der Waals surface area contributed by atoms with Crippen molar-refractivity contribution in [3.63, 3.8) is 0 Å². The van der Waals surface area contributed by atoms with Crippen molar-refractivity contribution in [2.45, 2.75) is 71.5 Å². The number of urea groups is 1. The van der Waals surface area contributed by atoms with E-state index in [4.69, 9.17) is 9.52 Å². The van der Waals surface area contributed by atoms with Crippen LogP contribution in [-0.4, -0.2) is 40.5 Å². The molecule has 6 rings (SSSR count). The molecule has 0 aliphatic rings. The first-order valence-corrected chi connectivity index (χ1v) is 19.9. The van der Waals surface area contributed by atoms with Crippen LogP contribution in [0.2, 0.25) is 5.04 Å². The average Bonchev–Trinajstić information content (AvgIpc) is 3.70. The number of carbonyl (C=O) groups is 1. The number of benzene rings is 4. The van der Waals surface area contributed by atoms with Crippen molar-refractivity contribution in [1.82, 2.24) is 24.9 Å². The molecule has 0 fully saturated rings. The highest BCUT2D eigenvalue weighted by molar-refractivity contribution is 6.99. The molecule has 9 nitrogen and oxygen atoms in total. The lowest BCUT2D eigenvalue weighted by atomic mass is 9.92. The first-order valence-electron chi connectivity index (χ1n) is 18.0. The van der Waals surface area contributed by atoms with Gasteiger partial charge in [0.15, 0.2) is 0 Å². The molecule has 0 saturated carbocycles. The van der Waals surface area contributed by atoms with Gasteiger partial charge in [-0.1, -0.05) is 120 Å². The van der Waals surface area contributed by atoms with Crippen LogP contribution in [0.1, 0.15) is 59.2 Å². The van der Waals surface area contributed by atoms with E-state index in [-0.39, 0.29) is 16.5 Å². The summed E-state index contributed by atoms with van der Waals surface area (Å²) >= 11 is 0. The standard InChI is InChI=1S/C42H51N7O2Si/c1-41(2,3)38-28-39(48(7)47-38)46-40(50)43-29-31-17-14-15-22-36(31)45-33-23-24-37-32(27-33)30-44-49(37)25-16-26-51-52(42(4,5)6,34-18-10-8-11-19-34)35-20-12-9-13-21-35/h8-15,17-24,27-28,30,45H,16,25-26,29H2,1-7H3,(H2,43,46,50). The molecule has 0 saturated heterocycles. The number of anilines is 3. The SMILES string of the molecule is Cn1nc(C(C)(C)C)cc1NC(=O)NCc1ccccc1Nc1ccc2c(cnn2CCCO[Si](c2ccccc2)(c2ccccc2)C(C)(C)C)c1. The fourth-order valence-electron chi connectivity index (χ4n) is 6.78. The van der Waals surface area contributed by atoms with Crippen molar-refractivity contribution in [2.24, 2.45) is 7.05 Å². The van der Waals surface area contributed by atoms with Gasteiger partial charge >= 0.3 is 6.03 Å². The molecule has 2 aromatic heterocycles. The number of aryl methyl sites for hydroxylation is 2. The Morgan fingerprint density at radius 3 is 2.12 bits per heavy atom. The molecule has 2 heterocycles. The lowest BCUT2D eigenvalue weighted by Crippen LogP contribution is -2.66. The van der Waals surface area contributed by atoms with Gasteiger partial charge < -0.3 is 15.1 Å². The zero-order valence-corrected chi connectivity index (χ0v) is 32.4. The van der Waals surface area contributed by atoms with Crippen LogP contribution in [0, 0.1) is 0 Å². The van der Waals surface area contributed by atoms with Gasteiger partial charge in [0, 0.05) is 55.0 Å². The molecule has 0 atom stereocenters. The summed E-state index contributed by atoms with van der Waals surface area (Å²) in [7, 11) is -0.751. The monoisotopic (exact) mass is 713 g/mol. The van der Waals surface area contributed by atoms with Gasteiger partial charge in [-0.05, 0) is 51.7 Å². The van der Waals surface area contributed by atoms with E-state index in [1.165, 1.54) is 10.4 Å². The average molecular weight is 714 g/mol. The lowest BCUT2D eigenvalue weighted by molar-refractivity contribution is 0.251. The largest absolute Gasteiger partial charge is 0.407 e. The maximum Gasteiger partial charge on any atom is 0.320 e.